The molecular weight excluding hydrogens is 574 g/mol. The molecular formula is C28H47NO14. The Labute approximate surface area is 252 Å². The number of carbonyl (C=O) groups is 4. The van der Waals surface area contributed by atoms with Crippen LogP contribution < -0.4 is 0 Å². The lowest BCUT2D eigenvalue weighted by Gasteiger charge is -2.16. The van der Waals surface area contributed by atoms with Gasteiger partial charge in [-0.1, -0.05) is 0 Å². The van der Waals surface area contributed by atoms with E-state index >= 15 is 0 Å². The number of aliphatic carboxylic acids is 1. The van der Waals surface area contributed by atoms with Gasteiger partial charge in [0.15, 0.2) is 6.10 Å². The first kappa shape index (κ1) is 38.5. The standard InChI is InChI=1S/C28H47NO14/c1-35-10-11-37-14-15-39-18-19-41-22-23-42-21-20-40-17-16-38-13-12-36-9-7-27(32)43-24(28(33)34)4-2-3-8-29-25(30)5-6-26(29)31/h5-6,24H,2-4,7-23H2,1H3,(H,33,34)/t24-/m0/s1. The van der Waals surface area contributed by atoms with Gasteiger partial charge in [-0.2, -0.15) is 0 Å². The van der Waals surface area contributed by atoms with Crippen LogP contribution in [-0.2, 0) is 61.8 Å². The molecule has 0 aliphatic carbocycles. The Hall–Kier alpha value is -2.50. The van der Waals surface area contributed by atoms with E-state index in [4.69, 9.17) is 42.6 Å². The molecule has 0 unspecified atom stereocenters. The number of ether oxygens (including phenoxy) is 9. The Kier molecular flexibility index (Phi) is 24.3. The SMILES string of the molecule is COCCOCCOCCOCCOCCOCCOCCOCCC(=O)O[C@@H](CCCCN1C(=O)C=CC1=O)C(=O)O. The average molecular weight is 622 g/mol. The lowest BCUT2D eigenvalue weighted by Crippen LogP contribution is -2.31. The topological polar surface area (TPSA) is 175 Å². The van der Waals surface area contributed by atoms with Crippen LogP contribution in [0.5, 0.6) is 0 Å². The number of carboxylic acids is 1. The van der Waals surface area contributed by atoms with Gasteiger partial charge in [0.25, 0.3) is 11.8 Å². The van der Waals surface area contributed by atoms with E-state index in [-0.39, 0.29) is 44.4 Å². The number of methoxy groups -OCH3 is 1. The molecule has 0 bridgehead atoms. The van der Waals surface area contributed by atoms with Crippen LogP contribution in [0, 0.1) is 0 Å². The number of imide groups is 1. The van der Waals surface area contributed by atoms with E-state index < -0.39 is 18.0 Å². The molecule has 15 nitrogen and oxygen atoms in total. The second-order valence-corrected chi connectivity index (χ2v) is 9.00. The summed E-state index contributed by atoms with van der Waals surface area (Å²) in [6, 6.07) is 0. The summed E-state index contributed by atoms with van der Waals surface area (Å²) in [6.45, 7) is 6.57. The van der Waals surface area contributed by atoms with Gasteiger partial charge in [0.2, 0.25) is 0 Å². The molecule has 43 heavy (non-hydrogen) atoms. The Morgan fingerprint density at radius 3 is 1.44 bits per heavy atom. The van der Waals surface area contributed by atoms with E-state index in [0.717, 1.165) is 4.90 Å². The van der Waals surface area contributed by atoms with Gasteiger partial charge < -0.3 is 47.7 Å². The maximum Gasteiger partial charge on any atom is 0.345 e. The quantitative estimate of drug-likeness (QED) is 0.0633. The lowest BCUT2D eigenvalue weighted by molar-refractivity contribution is -0.165. The number of hydrogen-bond acceptors (Lipinski definition) is 13. The van der Waals surface area contributed by atoms with Gasteiger partial charge in [0.05, 0.1) is 106 Å². The molecule has 1 atom stereocenters. The molecule has 0 saturated heterocycles. The van der Waals surface area contributed by atoms with Crippen molar-refractivity contribution in [1.29, 1.82) is 0 Å². The molecule has 1 rings (SSSR count). The number of rotatable bonds is 31. The largest absolute Gasteiger partial charge is 0.479 e. The fraction of sp³-hybridized carbons (Fsp3) is 0.786. The van der Waals surface area contributed by atoms with Gasteiger partial charge in [-0.15, -0.1) is 0 Å². The summed E-state index contributed by atoms with van der Waals surface area (Å²) in [5, 5.41) is 9.29. The number of unbranched alkanes of at least 4 members (excludes halogenated alkanes) is 1. The smallest absolute Gasteiger partial charge is 0.345 e. The highest BCUT2D eigenvalue weighted by atomic mass is 16.6. The van der Waals surface area contributed by atoms with E-state index in [2.05, 4.69) is 0 Å². The van der Waals surface area contributed by atoms with Crippen LogP contribution in [0.25, 0.3) is 0 Å². The van der Waals surface area contributed by atoms with Crippen LogP contribution in [0.2, 0.25) is 0 Å². The fourth-order valence-corrected chi connectivity index (χ4v) is 3.42. The maximum absolute atomic E-state index is 12.0. The van der Waals surface area contributed by atoms with Gasteiger partial charge in [0, 0.05) is 25.8 Å². The minimum absolute atomic E-state index is 0.0650. The highest BCUT2D eigenvalue weighted by molar-refractivity contribution is 6.12. The molecule has 2 amide bonds. The first-order valence-electron chi connectivity index (χ1n) is 14.4. The Balaban J connectivity index is 1.84. The zero-order valence-electron chi connectivity index (χ0n) is 25.1. The van der Waals surface area contributed by atoms with Crippen LogP contribution in [0.4, 0.5) is 0 Å². The van der Waals surface area contributed by atoms with Gasteiger partial charge >= 0.3 is 11.9 Å². The number of hydrogen-bond donors (Lipinski definition) is 1. The van der Waals surface area contributed by atoms with Gasteiger partial charge in [-0.25, -0.2) is 4.79 Å². The van der Waals surface area contributed by atoms with Crippen molar-refractivity contribution < 1.29 is 66.9 Å². The van der Waals surface area contributed by atoms with Crippen molar-refractivity contribution >= 4 is 23.8 Å². The zero-order chi connectivity index (χ0) is 31.4. The van der Waals surface area contributed by atoms with Gasteiger partial charge in [-0.3, -0.25) is 19.3 Å². The second-order valence-electron chi connectivity index (χ2n) is 9.00. The summed E-state index contributed by atoms with van der Waals surface area (Å²) < 4.78 is 47.5. The predicted molar refractivity (Wildman–Crippen MR) is 149 cm³/mol. The Bertz CT molecular complexity index is 775. The predicted octanol–water partition coefficient (Wildman–Crippen LogP) is 0.231. The third kappa shape index (κ3) is 21.8. The van der Waals surface area contributed by atoms with Crippen molar-refractivity contribution in [2.75, 3.05) is 113 Å². The molecule has 1 heterocycles. The van der Waals surface area contributed by atoms with E-state index in [9.17, 15) is 24.3 Å². The molecule has 0 aromatic rings. The van der Waals surface area contributed by atoms with Crippen molar-refractivity contribution in [2.45, 2.75) is 31.8 Å². The van der Waals surface area contributed by atoms with E-state index in [1.54, 1.807) is 7.11 Å². The average Bonchev–Trinajstić information content (AvgIpc) is 3.31. The molecule has 0 spiro atoms. The monoisotopic (exact) mass is 621 g/mol. The van der Waals surface area contributed by atoms with Crippen molar-refractivity contribution in [3.63, 3.8) is 0 Å². The van der Waals surface area contributed by atoms with E-state index in [1.165, 1.54) is 12.2 Å². The molecule has 0 aromatic carbocycles. The summed E-state index contributed by atoms with van der Waals surface area (Å²) in [5.74, 6) is -2.72. The first-order chi connectivity index (χ1) is 21.0. The summed E-state index contributed by atoms with van der Waals surface area (Å²) in [5.41, 5.74) is 0. The highest BCUT2D eigenvalue weighted by Gasteiger charge is 2.24. The molecule has 0 fully saturated rings. The third-order valence-electron chi connectivity index (χ3n) is 5.66. The summed E-state index contributed by atoms with van der Waals surface area (Å²) >= 11 is 0. The maximum atomic E-state index is 12.0. The molecule has 0 saturated carbocycles. The molecule has 248 valence electrons. The van der Waals surface area contributed by atoms with Gasteiger partial charge in [0.1, 0.15) is 0 Å². The van der Waals surface area contributed by atoms with Crippen molar-refractivity contribution in [3.8, 4) is 0 Å². The molecule has 1 aliphatic heterocycles. The van der Waals surface area contributed by atoms with Crippen molar-refractivity contribution in [1.82, 2.24) is 4.90 Å². The Morgan fingerprint density at radius 2 is 1.05 bits per heavy atom. The number of amides is 2. The normalized spacial score (nSPS) is 13.7. The summed E-state index contributed by atoms with van der Waals surface area (Å²) in [6.07, 6.45) is 1.83. The second kappa shape index (κ2) is 27.1. The Morgan fingerprint density at radius 1 is 0.651 bits per heavy atom. The van der Waals surface area contributed by atoms with Crippen LogP contribution in [0.1, 0.15) is 25.7 Å². The van der Waals surface area contributed by atoms with Gasteiger partial charge in [-0.05, 0) is 19.3 Å². The molecule has 1 aliphatic rings. The third-order valence-corrected chi connectivity index (χ3v) is 5.66. The van der Waals surface area contributed by atoms with Crippen LogP contribution in [0.3, 0.4) is 0 Å². The molecule has 15 heteroatoms. The summed E-state index contributed by atoms with van der Waals surface area (Å²) in [7, 11) is 1.63. The summed E-state index contributed by atoms with van der Waals surface area (Å²) in [4.78, 5) is 47.4. The zero-order valence-corrected chi connectivity index (χ0v) is 25.1. The molecule has 0 aromatic heterocycles. The van der Waals surface area contributed by atoms with Crippen molar-refractivity contribution in [3.05, 3.63) is 12.2 Å². The van der Waals surface area contributed by atoms with E-state index in [0.29, 0.717) is 98.7 Å². The van der Waals surface area contributed by atoms with Crippen LogP contribution in [-0.4, -0.2) is 153 Å². The molecule has 1 N–H and O–H groups in total. The lowest BCUT2D eigenvalue weighted by atomic mass is 10.1. The van der Waals surface area contributed by atoms with Crippen LogP contribution in [0.15, 0.2) is 12.2 Å². The number of esters is 1. The fourth-order valence-electron chi connectivity index (χ4n) is 3.42. The minimum Gasteiger partial charge on any atom is -0.479 e. The van der Waals surface area contributed by atoms with Crippen molar-refractivity contribution in [2.24, 2.45) is 0 Å². The number of carbonyl (C=O) groups excluding carboxylic acids is 3. The number of nitrogens with zero attached hydrogens (tertiary/aromatic N) is 1. The first-order valence-corrected chi connectivity index (χ1v) is 14.4. The molecule has 0 radical (unpaired) electrons. The minimum atomic E-state index is -1.30. The van der Waals surface area contributed by atoms with Crippen LogP contribution >= 0.6 is 0 Å². The highest BCUT2D eigenvalue weighted by Crippen LogP contribution is 2.10. The number of carboxylic acid groups (broad SMARTS) is 1. The van der Waals surface area contributed by atoms with E-state index in [1.807, 2.05) is 0 Å².